The van der Waals surface area contributed by atoms with E-state index in [0.717, 1.165) is 5.56 Å². The van der Waals surface area contributed by atoms with Crippen molar-refractivity contribution < 1.29 is 23.1 Å². The van der Waals surface area contributed by atoms with Gasteiger partial charge in [0.25, 0.3) is 0 Å². The molecule has 7 heteroatoms. The molecule has 0 aliphatic heterocycles. The van der Waals surface area contributed by atoms with Crippen molar-refractivity contribution in [2.45, 2.75) is 24.3 Å². The largest absolute Gasteiger partial charge is 0.480 e. The van der Waals surface area contributed by atoms with Crippen molar-refractivity contribution in [1.82, 2.24) is 4.72 Å². The summed E-state index contributed by atoms with van der Waals surface area (Å²) in [4.78, 5) is 10.7. The first-order valence-electron chi connectivity index (χ1n) is 5.70. The van der Waals surface area contributed by atoms with Crippen LogP contribution in [0.15, 0.2) is 29.2 Å². The molecule has 1 rings (SSSR count). The molecule has 0 heterocycles. The van der Waals surface area contributed by atoms with Crippen LogP contribution < -0.4 is 4.72 Å². The van der Waals surface area contributed by atoms with Crippen LogP contribution in [0.25, 0.3) is 0 Å². The number of ether oxygens (including phenoxy) is 1. The third kappa shape index (κ3) is 4.62. The zero-order valence-electron chi connectivity index (χ0n) is 10.8. The first-order chi connectivity index (χ1) is 8.86. The predicted octanol–water partition coefficient (Wildman–Crippen LogP) is 0.627. The second-order valence-corrected chi connectivity index (χ2v) is 5.78. The van der Waals surface area contributed by atoms with Gasteiger partial charge in [-0.15, -0.1) is 0 Å². The van der Waals surface area contributed by atoms with Crippen LogP contribution in [0.5, 0.6) is 0 Å². The van der Waals surface area contributed by atoms with E-state index in [4.69, 9.17) is 9.84 Å². The lowest BCUT2D eigenvalue weighted by molar-refractivity contribution is -0.138. The average molecular weight is 287 g/mol. The second-order valence-electron chi connectivity index (χ2n) is 4.07. The Kier molecular flexibility index (Phi) is 5.46. The Morgan fingerprint density at radius 1 is 1.37 bits per heavy atom. The van der Waals surface area contributed by atoms with Gasteiger partial charge in [0.2, 0.25) is 10.0 Å². The monoisotopic (exact) mass is 287 g/mol. The fraction of sp³-hybridized carbons (Fsp3) is 0.417. The van der Waals surface area contributed by atoms with Gasteiger partial charge in [0.15, 0.2) is 0 Å². The van der Waals surface area contributed by atoms with Crippen molar-refractivity contribution in [2.24, 2.45) is 0 Å². The van der Waals surface area contributed by atoms with Gasteiger partial charge in [0, 0.05) is 7.11 Å². The van der Waals surface area contributed by atoms with E-state index in [-0.39, 0.29) is 4.90 Å². The summed E-state index contributed by atoms with van der Waals surface area (Å²) in [5, 5.41) is 8.69. The number of carboxylic acid groups (broad SMARTS) is 1. The topological polar surface area (TPSA) is 92.7 Å². The second kappa shape index (κ2) is 6.65. The van der Waals surface area contributed by atoms with Crippen molar-refractivity contribution in [1.29, 1.82) is 0 Å². The van der Waals surface area contributed by atoms with Crippen LogP contribution in [-0.2, 0) is 26.0 Å². The summed E-state index contributed by atoms with van der Waals surface area (Å²) in [5.74, 6) is -1.22. The lowest BCUT2D eigenvalue weighted by Gasteiger charge is -2.10. The van der Waals surface area contributed by atoms with Crippen LogP contribution in [0, 0.1) is 0 Å². The highest BCUT2D eigenvalue weighted by molar-refractivity contribution is 7.89. The minimum Gasteiger partial charge on any atom is -0.480 e. The van der Waals surface area contributed by atoms with Crippen LogP contribution in [-0.4, -0.2) is 39.3 Å². The smallest absolute Gasteiger partial charge is 0.321 e. The van der Waals surface area contributed by atoms with Gasteiger partial charge in [-0.1, -0.05) is 12.1 Å². The third-order valence-corrected chi connectivity index (χ3v) is 4.09. The fourth-order valence-electron chi connectivity index (χ4n) is 1.41. The molecule has 1 unspecified atom stereocenters. The Balaban J connectivity index is 2.81. The van der Waals surface area contributed by atoms with Crippen LogP contribution in [0.4, 0.5) is 0 Å². The van der Waals surface area contributed by atoms with E-state index in [1.807, 2.05) is 0 Å². The van der Waals surface area contributed by atoms with E-state index < -0.39 is 22.0 Å². The van der Waals surface area contributed by atoms with Crippen molar-refractivity contribution >= 4 is 16.0 Å². The van der Waals surface area contributed by atoms with Gasteiger partial charge in [-0.2, -0.15) is 4.72 Å². The summed E-state index contributed by atoms with van der Waals surface area (Å²) in [6.07, 6.45) is 0.690. The highest BCUT2D eigenvalue weighted by Crippen LogP contribution is 2.11. The number of carboxylic acids is 1. The minimum absolute atomic E-state index is 0.0433. The molecule has 1 aromatic rings. The molecule has 106 valence electrons. The van der Waals surface area contributed by atoms with Crippen LogP contribution in [0.3, 0.4) is 0 Å². The maximum absolute atomic E-state index is 11.9. The number of methoxy groups -OCH3 is 1. The molecule has 0 aliphatic carbocycles. The number of rotatable bonds is 7. The number of nitrogens with one attached hydrogen (secondary N) is 1. The highest BCUT2D eigenvalue weighted by Gasteiger charge is 2.21. The maximum Gasteiger partial charge on any atom is 0.321 e. The number of hydrogen-bond donors (Lipinski definition) is 2. The first-order valence-corrected chi connectivity index (χ1v) is 7.18. The molecule has 0 fully saturated rings. The van der Waals surface area contributed by atoms with Gasteiger partial charge >= 0.3 is 5.97 Å². The highest BCUT2D eigenvalue weighted by atomic mass is 32.2. The van der Waals surface area contributed by atoms with E-state index in [9.17, 15) is 13.2 Å². The molecule has 0 saturated carbocycles. The Morgan fingerprint density at radius 2 is 1.95 bits per heavy atom. The molecule has 2 N–H and O–H groups in total. The molecule has 0 radical (unpaired) electrons. The Morgan fingerprint density at radius 3 is 2.42 bits per heavy atom. The standard InChI is InChI=1S/C12H17NO5S/c1-9(12(14)15)13-19(16,17)11-5-3-10(4-6-11)7-8-18-2/h3-6,9,13H,7-8H2,1-2H3,(H,14,15). The van der Waals surface area contributed by atoms with Crippen molar-refractivity contribution in [3.8, 4) is 0 Å². The van der Waals surface area contributed by atoms with Gasteiger partial charge < -0.3 is 9.84 Å². The molecule has 0 aliphatic rings. The van der Waals surface area contributed by atoms with Crippen LogP contribution >= 0.6 is 0 Å². The Bertz CT molecular complexity index is 524. The molecule has 1 aromatic carbocycles. The quantitative estimate of drug-likeness (QED) is 0.767. The van der Waals surface area contributed by atoms with Gasteiger partial charge in [-0.25, -0.2) is 8.42 Å². The normalized spacial score (nSPS) is 13.2. The summed E-state index contributed by atoms with van der Waals surface area (Å²) in [6, 6.07) is 5.08. The molecule has 0 bridgehead atoms. The summed E-state index contributed by atoms with van der Waals surface area (Å²) >= 11 is 0. The van der Waals surface area contributed by atoms with Crippen LogP contribution in [0.2, 0.25) is 0 Å². The summed E-state index contributed by atoms with van der Waals surface area (Å²) in [5.41, 5.74) is 0.951. The zero-order chi connectivity index (χ0) is 14.5. The summed E-state index contributed by atoms with van der Waals surface area (Å²) in [7, 11) is -2.21. The molecule has 0 spiro atoms. The van der Waals surface area contributed by atoms with Crippen molar-refractivity contribution in [3.63, 3.8) is 0 Å². The number of carbonyl (C=O) groups is 1. The molecular formula is C12H17NO5S. The third-order valence-electron chi connectivity index (χ3n) is 2.53. The number of hydrogen-bond acceptors (Lipinski definition) is 4. The van der Waals surface area contributed by atoms with Crippen molar-refractivity contribution in [3.05, 3.63) is 29.8 Å². The first kappa shape index (κ1) is 15.6. The van der Waals surface area contributed by atoms with Gasteiger partial charge in [0.05, 0.1) is 11.5 Å². The number of sulfonamides is 1. The summed E-state index contributed by atoms with van der Waals surface area (Å²) < 4.78 is 30.8. The van der Waals surface area contributed by atoms with E-state index in [0.29, 0.717) is 13.0 Å². The molecule has 0 amide bonds. The van der Waals surface area contributed by atoms with E-state index in [1.54, 1.807) is 19.2 Å². The Hall–Kier alpha value is -1.44. The maximum atomic E-state index is 11.9. The lowest BCUT2D eigenvalue weighted by atomic mass is 10.2. The fourth-order valence-corrected chi connectivity index (χ4v) is 2.60. The van der Waals surface area contributed by atoms with Gasteiger partial charge in [-0.05, 0) is 31.0 Å². The SMILES string of the molecule is COCCc1ccc(S(=O)(=O)NC(C)C(=O)O)cc1. The minimum atomic E-state index is -3.80. The van der Waals surface area contributed by atoms with E-state index in [1.165, 1.54) is 19.1 Å². The van der Waals surface area contributed by atoms with Gasteiger partial charge in [0.1, 0.15) is 6.04 Å². The molecule has 0 aromatic heterocycles. The van der Waals surface area contributed by atoms with Crippen LogP contribution in [0.1, 0.15) is 12.5 Å². The zero-order valence-corrected chi connectivity index (χ0v) is 11.6. The average Bonchev–Trinajstić information content (AvgIpc) is 2.36. The molecular weight excluding hydrogens is 270 g/mol. The predicted molar refractivity (Wildman–Crippen MR) is 69.4 cm³/mol. The molecule has 19 heavy (non-hydrogen) atoms. The van der Waals surface area contributed by atoms with Gasteiger partial charge in [-0.3, -0.25) is 4.79 Å². The summed E-state index contributed by atoms with van der Waals surface area (Å²) in [6.45, 7) is 1.83. The van der Waals surface area contributed by atoms with E-state index in [2.05, 4.69) is 4.72 Å². The molecule has 1 atom stereocenters. The van der Waals surface area contributed by atoms with Crippen molar-refractivity contribution in [2.75, 3.05) is 13.7 Å². The number of aliphatic carboxylic acids is 1. The molecule has 0 saturated heterocycles. The Labute approximate surface area is 112 Å². The number of benzene rings is 1. The lowest BCUT2D eigenvalue weighted by Crippen LogP contribution is -2.38. The molecule has 6 nitrogen and oxygen atoms in total. The van der Waals surface area contributed by atoms with E-state index >= 15 is 0 Å².